The number of nitrogens with one attached hydrogen (secondary N) is 2. The topological polar surface area (TPSA) is 71.1 Å². The Kier molecular flexibility index (Phi) is 5.81. The number of hydrogen-bond acceptors (Lipinski definition) is 3. The van der Waals surface area contributed by atoms with Crippen molar-refractivity contribution >= 4 is 46.0 Å². The molecule has 0 atom stereocenters. The molecule has 0 bridgehead atoms. The summed E-state index contributed by atoms with van der Waals surface area (Å²) < 4.78 is 0. The lowest BCUT2D eigenvalue weighted by Crippen LogP contribution is -2.36. The van der Waals surface area contributed by atoms with E-state index in [1.807, 2.05) is 48.5 Å². The fourth-order valence-electron chi connectivity index (χ4n) is 3.85. The highest BCUT2D eigenvalue weighted by Gasteiger charge is 2.25. The summed E-state index contributed by atoms with van der Waals surface area (Å²) in [5, 5.41) is 6.75. The van der Waals surface area contributed by atoms with Gasteiger partial charge in [-0.1, -0.05) is 48.0 Å². The Morgan fingerprint density at radius 1 is 1.10 bits per heavy atom. The van der Waals surface area contributed by atoms with Crippen LogP contribution < -0.4 is 10.6 Å². The highest BCUT2D eigenvalue weighted by Crippen LogP contribution is 2.36. The molecule has 0 fully saturated rings. The lowest BCUT2D eigenvalue weighted by atomic mass is 9.85. The average molecular weight is 420 g/mol. The summed E-state index contributed by atoms with van der Waals surface area (Å²) in [4.78, 5) is 29.6. The maximum atomic E-state index is 13.1. The third kappa shape index (κ3) is 3.94. The van der Waals surface area contributed by atoms with Gasteiger partial charge in [-0.25, -0.2) is 4.98 Å². The molecule has 6 heteroatoms. The number of nitrogens with zero attached hydrogens (tertiary/aromatic N) is 1. The van der Waals surface area contributed by atoms with Crippen molar-refractivity contribution in [3.05, 3.63) is 75.9 Å². The van der Waals surface area contributed by atoms with E-state index >= 15 is 0 Å². The Labute approximate surface area is 180 Å². The summed E-state index contributed by atoms with van der Waals surface area (Å²) in [5.41, 5.74) is 5.12. The molecule has 5 nitrogen and oxygen atoms in total. The summed E-state index contributed by atoms with van der Waals surface area (Å²) in [6, 6.07) is 15.3. The minimum absolute atomic E-state index is 0.0664. The molecule has 30 heavy (non-hydrogen) atoms. The van der Waals surface area contributed by atoms with E-state index in [2.05, 4.69) is 16.7 Å². The molecule has 3 aromatic rings. The van der Waals surface area contributed by atoms with Crippen molar-refractivity contribution < 1.29 is 9.59 Å². The van der Waals surface area contributed by atoms with E-state index < -0.39 is 0 Å². The maximum absolute atomic E-state index is 13.1. The first-order valence-electron chi connectivity index (χ1n) is 9.94. The largest absolute Gasteiger partial charge is 0.358 e. The molecular weight excluding hydrogens is 398 g/mol. The Bertz CT molecular complexity index is 1170. The van der Waals surface area contributed by atoms with Gasteiger partial charge in [0.15, 0.2) is 0 Å². The number of allylic oxidation sites excluding steroid dienone is 1. The van der Waals surface area contributed by atoms with Crippen LogP contribution in [0.25, 0.3) is 22.6 Å². The quantitative estimate of drug-likeness (QED) is 0.664. The zero-order valence-corrected chi connectivity index (χ0v) is 17.4. The molecule has 1 aliphatic rings. The standard InChI is InChI=1S/C24H22ClN3O2/c1-26-21(29)14-27-24(30)22-17-9-3-5-12-20(17)28-23-16(8-6-10-18(22)23)13-15-7-2-4-11-19(15)25/h2-5,7,9,11-13H,6,8,10,14H2,1H3,(H,26,29)(H,27,30). The van der Waals surface area contributed by atoms with Crippen LogP contribution in [-0.4, -0.2) is 30.4 Å². The van der Waals surface area contributed by atoms with Crippen LogP contribution in [0.4, 0.5) is 0 Å². The molecule has 0 spiro atoms. The number of amides is 2. The number of benzene rings is 2. The average Bonchev–Trinajstić information content (AvgIpc) is 2.77. The molecule has 2 N–H and O–H groups in total. The second kappa shape index (κ2) is 8.67. The third-order valence-corrected chi connectivity index (χ3v) is 5.66. The van der Waals surface area contributed by atoms with Crippen LogP contribution in [0.3, 0.4) is 0 Å². The van der Waals surface area contributed by atoms with Crippen LogP contribution in [-0.2, 0) is 11.2 Å². The maximum Gasteiger partial charge on any atom is 0.252 e. The molecule has 1 aromatic heterocycles. The number of hydrogen-bond donors (Lipinski definition) is 2. The van der Waals surface area contributed by atoms with E-state index in [1.54, 1.807) is 7.05 Å². The SMILES string of the molecule is CNC(=O)CNC(=O)c1c2c(nc3ccccc13)C(=Cc1ccccc1Cl)CCC2. The van der Waals surface area contributed by atoms with Gasteiger partial charge in [-0.05, 0) is 54.2 Å². The van der Waals surface area contributed by atoms with Crippen LogP contribution in [0, 0.1) is 0 Å². The molecule has 1 heterocycles. The van der Waals surface area contributed by atoms with E-state index in [9.17, 15) is 9.59 Å². The summed E-state index contributed by atoms with van der Waals surface area (Å²) in [6.45, 7) is -0.0664. The lowest BCUT2D eigenvalue weighted by Gasteiger charge is -2.23. The molecule has 2 aromatic carbocycles. The van der Waals surface area contributed by atoms with Gasteiger partial charge >= 0.3 is 0 Å². The van der Waals surface area contributed by atoms with Crippen molar-refractivity contribution in [2.45, 2.75) is 19.3 Å². The Hall–Kier alpha value is -3.18. The fourth-order valence-corrected chi connectivity index (χ4v) is 4.04. The van der Waals surface area contributed by atoms with Crippen molar-refractivity contribution in [2.75, 3.05) is 13.6 Å². The third-order valence-electron chi connectivity index (χ3n) is 5.32. The van der Waals surface area contributed by atoms with E-state index in [-0.39, 0.29) is 18.4 Å². The minimum atomic E-state index is -0.257. The number of fused-ring (bicyclic) bond motifs is 2. The summed E-state index contributed by atoms with van der Waals surface area (Å²) in [7, 11) is 1.55. The fraction of sp³-hybridized carbons (Fsp3) is 0.208. The zero-order chi connectivity index (χ0) is 21.1. The first-order valence-corrected chi connectivity index (χ1v) is 10.3. The van der Waals surface area contributed by atoms with Crippen LogP contribution >= 0.6 is 11.6 Å². The number of carbonyl (C=O) groups excluding carboxylic acids is 2. The highest BCUT2D eigenvalue weighted by atomic mass is 35.5. The molecule has 2 amide bonds. The van der Waals surface area contributed by atoms with Gasteiger partial charge in [-0.3, -0.25) is 9.59 Å². The number of likely N-dealkylation sites (N-methyl/N-ethyl adjacent to an activating group) is 1. The molecule has 4 rings (SSSR count). The summed E-state index contributed by atoms with van der Waals surface area (Å²) >= 11 is 6.36. The van der Waals surface area contributed by atoms with Gasteiger partial charge in [0.1, 0.15) is 0 Å². The number of aromatic nitrogens is 1. The second-order valence-corrected chi connectivity index (χ2v) is 7.64. The molecule has 0 saturated carbocycles. The van der Waals surface area contributed by atoms with Gasteiger partial charge in [0, 0.05) is 17.5 Å². The molecule has 0 saturated heterocycles. The Balaban J connectivity index is 1.86. The van der Waals surface area contributed by atoms with Gasteiger partial charge in [0.2, 0.25) is 5.91 Å². The number of pyridine rings is 1. The first-order chi connectivity index (χ1) is 14.6. The molecule has 0 radical (unpaired) electrons. The smallest absolute Gasteiger partial charge is 0.252 e. The van der Waals surface area contributed by atoms with Crippen molar-refractivity contribution in [2.24, 2.45) is 0 Å². The zero-order valence-electron chi connectivity index (χ0n) is 16.7. The molecular formula is C24H22ClN3O2. The molecule has 0 unspecified atom stereocenters. The minimum Gasteiger partial charge on any atom is -0.358 e. The monoisotopic (exact) mass is 419 g/mol. The lowest BCUT2D eigenvalue weighted by molar-refractivity contribution is -0.119. The number of para-hydroxylation sites is 1. The van der Waals surface area contributed by atoms with Gasteiger partial charge in [-0.15, -0.1) is 0 Å². The number of carbonyl (C=O) groups is 2. The van der Waals surface area contributed by atoms with Gasteiger partial charge in [0.25, 0.3) is 5.91 Å². The number of rotatable bonds is 4. The van der Waals surface area contributed by atoms with Crippen molar-refractivity contribution in [3.8, 4) is 0 Å². The normalized spacial score (nSPS) is 14.4. The van der Waals surface area contributed by atoms with Crippen molar-refractivity contribution in [1.29, 1.82) is 0 Å². The second-order valence-electron chi connectivity index (χ2n) is 7.23. The molecule has 0 aliphatic heterocycles. The number of halogens is 1. The Morgan fingerprint density at radius 2 is 1.87 bits per heavy atom. The van der Waals surface area contributed by atoms with E-state index in [0.29, 0.717) is 10.6 Å². The summed E-state index contributed by atoms with van der Waals surface area (Å²) in [6.07, 6.45) is 4.60. The van der Waals surface area contributed by atoms with Gasteiger partial charge in [0.05, 0.1) is 23.3 Å². The molecule has 1 aliphatic carbocycles. The molecule has 152 valence electrons. The Morgan fingerprint density at radius 3 is 2.67 bits per heavy atom. The van der Waals surface area contributed by atoms with Gasteiger partial charge < -0.3 is 10.6 Å². The van der Waals surface area contributed by atoms with Crippen LogP contribution in [0.2, 0.25) is 5.02 Å². The van der Waals surface area contributed by atoms with Crippen LogP contribution in [0.15, 0.2) is 48.5 Å². The van der Waals surface area contributed by atoms with Crippen LogP contribution in [0.5, 0.6) is 0 Å². The van der Waals surface area contributed by atoms with E-state index in [4.69, 9.17) is 16.6 Å². The predicted octanol–water partition coefficient (Wildman–Crippen LogP) is 4.24. The van der Waals surface area contributed by atoms with E-state index in [1.165, 1.54) is 0 Å². The van der Waals surface area contributed by atoms with Crippen molar-refractivity contribution in [3.63, 3.8) is 0 Å². The first kappa shape index (κ1) is 20.1. The van der Waals surface area contributed by atoms with Crippen molar-refractivity contribution in [1.82, 2.24) is 15.6 Å². The highest BCUT2D eigenvalue weighted by molar-refractivity contribution is 6.32. The van der Waals surface area contributed by atoms with Crippen LogP contribution in [0.1, 0.15) is 40.0 Å². The summed E-state index contributed by atoms with van der Waals surface area (Å²) in [5.74, 6) is -0.498. The van der Waals surface area contributed by atoms with E-state index in [0.717, 1.165) is 52.6 Å². The predicted molar refractivity (Wildman–Crippen MR) is 120 cm³/mol. The van der Waals surface area contributed by atoms with Gasteiger partial charge in [-0.2, -0.15) is 0 Å².